The van der Waals surface area contributed by atoms with Gasteiger partial charge in [0.25, 0.3) is 5.56 Å². The van der Waals surface area contributed by atoms with Crippen molar-refractivity contribution in [1.29, 1.82) is 0 Å². The van der Waals surface area contributed by atoms with Crippen molar-refractivity contribution >= 4 is 27.5 Å². The maximum atomic E-state index is 12.3. The third-order valence-electron chi connectivity index (χ3n) is 4.03. The van der Waals surface area contributed by atoms with Crippen LogP contribution in [-0.2, 0) is 17.9 Å². The van der Waals surface area contributed by atoms with Gasteiger partial charge in [0, 0.05) is 19.5 Å². The second-order valence-corrected chi connectivity index (χ2v) is 6.69. The molecule has 0 bridgehead atoms. The second kappa shape index (κ2) is 8.01. The fourth-order valence-electron chi connectivity index (χ4n) is 2.60. The first-order valence-corrected chi connectivity index (χ1v) is 9.06. The third kappa shape index (κ3) is 4.02. The Morgan fingerprint density at radius 3 is 2.73 bits per heavy atom. The Morgan fingerprint density at radius 1 is 1.23 bits per heavy atom. The lowest BCUT2D eigenvalue weighted by Crippen LogP contribution is -2.35. The van der Waals surface area contributed by atoms with E-state index in [0.717, 1.165) is 15.9 Å². The predicted molar refractivity (Wildman–Crippen MR) is 101 cm³/mol. The normalized spacial score (nSPS) is 10.8. The van der Waals surface area contributed by atoms with Gasteiger partial charge in [-0.2, -0.15) is 0 Å². The van der Waals surface area contributed by atoms with Gasteiger partial charge < -0.3 is 15.0 Å². The molecule has 3 rings (SSSR count). The average molecular weight is 373 g/mol. The van der Waals surface area contributed by atoms with E-state index in [4.69, 9.17) is 4.74 Å². The van der Waals surface area contributed by atoms with E-state index in [-0.39, 0.29) is 24.4 Å². The van der Waals surface area contributed by atoms with Crippen molar-refractivity contribution < 1.29 is 9.53 Å². The molecule has 0 saturated heterocycles. The standard InChI is InChI=1S/C18H19N3O4S/c1-25-13-6-4-12(5-7-13)11-19-15(22)3-2-9-21-17(23)16-14(8-10-26-16)20-18(21)24/h4-8,10H,2-3,9,11H2,1H3,(H,19,22)(H,20,24). The number of hydrogen-bond donors (Lipinski definition) is 2. The van der Waals surface area contributed by atoms with Crippen molar-refractivity contribution in [3.8, 4) is 5.75 Å². The van der Waals surface area contributed by atoms with Crippen LogP contribution in [0.25, 0.3) is 10.2 Å². The van der Waals surface area contributed by atoms with Gasteiger partial charge in [-0.1, -0.05) is 12.1 Å². The molecule has 136 valence electrons. The summed E-state index contributed by atoms with van der Waals surface area (Å²) >= 11 is 1.29. The summed E-state index contributed by atoms with van der Waals surface area (Å²) in [6.45, 7) is 0.627. The molecule has 3 aromatic rings. The lowest BCUT2D eigenvalue weighted by Gasteiger charge is -2.07. The molecular weight excluding hydrogens is 354 g/mol. The molecular formula is C18H19N3O4S. The van der Waals surface area contributed by atoms with E-state index in [9.17, 15) is 14.4 Å². The molecule has 2 aromatic heterocycles. The summed E-state index contributed by atoms with van der Waals surface area (Å²) in [5, 5.41) is 4.59. The lowest BCUT2D eigenvalue weighted by atomic mass is 10.2. The molecule has 1 aromatic carbocycles. The van der Waals surface area contributed by atoms with Crippen LogP contribution < -0.4 is 21.3 Å². The fraction of sp³-hybridized carbons (Fsp3) is 0.278. The van der Waals surface area contributed by atoms with E-state index in [0.29, 0.717) is 23.2 Å². The first-order valence-electron chi connectivity index (χ1n) is 8.18. The van der Waals surface area contributed by atoms with Crippen molar-refractivity contribution in [3.63, 3.8) is 0 Å². The van der Waals surface area contributed by atoms with Gasteiger partial charge in [0.1, 0.15) is 10.4 Å². The number of ether oxygens (including phenoxy) is 1. The average Bonchev–Trinajstić information content (AvgIpc) is 3.11. The van der Waals surface area contributed by atoms with Crippen LogP contribution in [0.1, 0.15) is 18.4 Å². The number of H-pyrrole nitrogens is 1. The Bertz CT molecular complexity index is 1020. The Morgan fingerprint density at radius 2 is 2.00 bits per heavy atom. The number of methoxy groups -OCH3 is 1. The highest BCUT2D eigenvalue weighted by Gasteiger charge is 2.09. The Labute approximate surface area is 153 Å². The van der Waals surface area contributed by atoms with E-state index in [1.165, 1.54) is 11.3 Å². The van der Waals surface area contributed by atoms with Gasteiger partial charge in [0.05, 0.1) is 12.6 Å². The number of fused-ring (bicyclic) bond motifs is 1. The van der Waals surface area contributed by atoms with E-state index in [1.807, 2.05) is 24.3 Å². The van der Waals surface area contributed by atoms with Crippen molar-refractivity contribution in [3.05, 3.63) is 62.1 Å². The Kier molecular flexibility index (Phi) is 5.52. The van der Waals surface area contributed by atoms with Crippen molar-refractivity contribution in [2.75, 3.05) is 7.11 Å². The van der Waals surface area contributed by atoms with Gasteiger partial charge in [-0.3, -0.25) is 14.2 Å². The molecule has 1 amide bonds. The fourth-order valence-corrected chi connectivity index (χ4v) is 3.40. The Balaban J connectivity index is 1.52. The van der Waals surface area contributed by atoms with Crippen LogP contribution in [0.15, 0.2) is 45.3 Å². The van der Waals surface area contributed by atoms with Gasteiger partial charge in [-0.25, -0.2) is 4.79 Å². The number of nitrogens with zero attached hydrogens (tertiary/aromatic N) is 1. The smallest absolute Gasteiger partial charge is 0.328 e. The van der Waals surface area contributed by atoms with Crippen LogP contribution in [0.5, 0.6) is 5.75 Å². The van der Waals surface area contributed by atoms with Gasteiger partial charge in [0.15, 0.2) is 0 Å². The quantitative estimate of drug-likeness (QED) is 0.661. The molecule has 0 aliphatic heterocycles. The molecule has 0 atom stereocenters. The van der Waals surface area contributed by atoms with E-state index >= 15 is 0 Å². The zero-order chi connectivity index (χ0) is 18.5. The highest BCUT2D eigenvalue weighted by atomic mass is 32.1. The topological polar surface area (TPSA) is 93.2 Å². The second-order valence-electron chi connectivity index (χ2n) is 5.78. The summed E-state index contributed by atoms with van der Waals surface area (Å²) in [6.07, 6.45) is 0.652. The minimum atomic E-state index is -0.445. The summed E-state index contributed by atoms with van der Waals surface area (Å²) < 4.78 is 6.76. The number of benzene rings is 1. The number of aromatic nitrogens is 2. The van der Waals surface area contributed by atoms with E-state index in [2.05, 4.69) is 10.3 Å². The molecule has 0 fully saturated rings. The molecule has 2 heterocycles. The van der Waals surface area contributed by atoms with Crippen LogP contribution in [0.2, 0.25) is 0 Å². The molecule has 2 N–H and O–H groups in total. The summed E-state index contributed by atoms with van der Waals surface area (Å²) in [5.74, 6) is 0.640. The van der Waals surface area contributed by atoms with Crippen LogP contribution in [0.4, 0.5) is 0 Å². The molecule has 0 unspecified atom stereocenters. The Hall–Kier alpha value is -2.87. The lowest BCUT2D eigenvalue weighted by molar-refractivity contribution is -0.121. The monoisotopic (exact) mass is 373 g/mol. The van der Waals surface area contributed by atoms with Crippen LogP contribution >= 0.6 is 11.3 Å². The van der Waals surface area contributed by atoms with Crippen LogP contribution in [-0.4, -0.2) is 22.6 Å². The zero-order valence-electron chi connectivity index (χ0n) is 14.3. The number of aromatic amines is 1. The number of rotatable bonds is 7. The van der Waals surface area contributed by atoms with Gasteiger partial charge in [0.2, 0.25) is 5.91 Å². The molecule has 7 nitrogen and oxygen atoms in total. The van der Waals surface area contributed by atoms with Crippen molar-refractivity contribution in [1.82, 2.24) is 14.9 Å². The largest absolute Gasteiger partial charge is 0.497 e. The molecule has 26 heavy (non-hydrogen) atoms. The molecule has 8 heteroatoms. The van der Waals surface area contributed by atoms with E-state index in [1.54, 1.807) is 18.6 Å². The van der Waals surface area contributed by atoms with Gasteiger partial charge >= 0.3 is 5.69 Å². The number of thiophene rings is 1. The molecule has 0 aliphatic carbocycles. The van der Waals surface area contributed by atoms with Crippen LogP contribution in [0.3, 0.4) is 0 Å². The highest BCUT2D eigenvalue weighted by Crippen LogP contribution is 2.12. The number of carbonyl (C=O) groups excluding carboxylic acids is 1. The third-order valence-corrected chi connectivity index (χ3v) is 4.93. The summed E-state index contributed by atoms with van der Waals surface area (Å²) in [5.41, 5.74) is 0.769. The van der Waals surface area contributed by atoms with Crippen molar-refractivity contribution in [2.24, 2.45) is 0 Å². The molecule has 0 radical (unpaired) electrons. The maximum Gasteiger partial charge on any atom is 0.328 e. The molecule has 0 aliphatic rings. The highest BCUT2D eigenvalue weighted by molar-refractivity contribution is 7.17. The zero-order valence-corrected chi connectivity index (χ0v) is 15.1. The molecule has 0 spiro atoms. The first kappa shape index (κ1) is 17.9. The van der Waals surface area contributed by atoms with Crippen molar-refractivity contribution in [2.45, 2.75) is 25.9 Å². The summed E-state index contributed by atoms with van der Waals surface area (Å²) in [6, 6.07) is 9.14. The number of amides is 1. The van der Waals surface area contributed by atoms with Gasteiger partial charge in [-0.05, 0) is 35.6 Å². The first-order chi connectivity index (χ1) is 12.6. The van der Waals surface area contributed by atoms with Gasteiger partial charge in [-0.15, -0.1) is 11.3 Å². The number of carbonyl (C=O) groups is 1. The number of nitrogens with one attached hydrogen (secondary N) is 2. The molecule has 0 saturated carbocycles. The summed E-state index contributed by atoms with van der Waals surface area (Å²) in [4.78, 5) is 38.9. The van der Waals surface area contributed by atoms with E-state index < -0.39 is 5.69 Å². The predicted octanol–water partition coefficient (Wildman–Crippen LogP) is 1.86. The minimum Gasteiger partial charge on any atom is -0.497 e. The SMILES string of the molecule is COc1ccc(CNC(=O)CCCn2c(=O)[nH]c3ccsc3c2=O)cc1. The number of hydrogen-bond acceptors (Lipinski definition) is 5. The maximum absolute atomic E-state index is 12.3. The van der Waals surface area contributed by atoms with Crippen LogP contribution in [0, 0.1) is 0 Å². The summed E-state index contributed by atoms with van der Waals surface area (Å²) in [7, 11) is 1.60. The minimum absolute atomic E-state index is 0.123.